The molecule has 0 bridgehead atoms. The predicted molar refractivity (Wildman–Crippen MR) is 74.8 cm³/mol. The highest BCUT2D eigenvalue weighted by Gasteiger charge is 2.51. The molecule has 0 unspecified atom stereocenters. The Morgan fingerprint density at radius 3 is 1.41 bits per heavy atom. The van der Waals surface area contributed by atoms with Gasteiger partial charge in [0.1, 0.15) is 0 Å². The Morgan fingerprint density at radius 2 is 1.24 bits per heavy atom. The van der Waals surface area contributed by atoms with E-state index < -0.39 is 8.88 Å². The van der Waals surface area contributed by atoms with Crippen molar-refractivity contribution in [2.45, 2.75) is 53.6 Å². The van der Waals surface area contributed by atoms with Crippen LogP contribution in [0.3, 0.4) is 0 Å². The SMILES string of the molecule is CCN(CC)[Si](OC)(OC)N(C(C)C)C(C)C. The minimum absolute atomic E-state index is 0.405. The first kappa shape index (κ1) is 17.1. The molecule has 0 aliphatic heterocycles. The molecular weight excluding hydrogens is 232 g/mol. The van der Waals surface area contributed by atoms with Crippen LogP contribution in [0.15, 0.2) is 0 Å². The topological polar surface area (TPSA) is 24.9 Å². The van der Waals surface area contributed by atoms with E-state index in [1.807, 2.05) is 0 Å². The first-order valence-electron chi connectivity index (χ1n) is 6.54. The molecule has 0 spiro atoms. The predicted octanol–water partition coefficient (Wildman–Crippen LogP) is 2.18. The Kier molecular flexibility index (Phi) is 7.51. The fourth-order valence-corrected chi connectivity index (χ4v) is 6.12. The smallest absolute Gasteiger partial charge is 0.374 e. The summed E-state index contributed by atoms with van der Waals surface area (Å²) in [5.41, 5.74) is 0. The molecule has 0 radical (unpaired) electrons. The summed E-state index contributed by atoms with van der Waals surface area (Å²) in [6.07, 6.45) is 0. The molecule has 4 nitrogen and oxygen atoms in total. The molecule has 0 aliphatic carbocycles. The molecule has 104 valence electrons. The van der Waals surface area contributed by atoms with Crippen molar-refractivity contribution < 1.29 is 8.85 Å². The largest absolute Gasteiger partial charge is 0.522 e. The second-order valence-electron chi connectivity index (χ2n) is 4.72. The van der Waals surface area contributed by atoms with Crippen LogP contribution in [0.2, 0.25) is 0 Å². The van der Waals surface area contributed by atoms with Gasteiger partial charge in [-0.1, -0.05) is 41.5 Å². The molecule has 0 N–H and O–H groups in total. The Hall–Kier alpha value is 0.0569. The minimum Gasteiger partial charge on any atom is -0.374 e. The Labute approximate surface area is 108 Å². The third-order valence-corrected chi connectivity index (χ3v) is 7.31. The van der Waals surface area contributed by atoms with Gasteiger partial charge in [-0.25, -0.2) is 0 Å². The maximum Gasteiger partial charge on any atom is 0.522 e. The zero-order valence-electron chi connectivity index (χ0n) is 12.8. The van der Waals surface area contributed by atoms with Gasteiger partial charge in [-0.15, -0.1) is 0 Å². The number of hydrogen-bond donors (Lipinski definition) is 0. The van der Waals surface area contributed by atoms with E-state index in [9.17, 15) is 0 Å². The van der Waals surface area contributed by atoms with E-state index >= 15 is 0 Å². The van der Waals surface area contributed by atoms with E-state index in [-0.39, 0.29) is 0 Å². The molecule has 17 heavy (non-hydrogen) atoms. The van der Waals surface area contributed by atoms with Crippen LogP contribution in [0, 0.1) is 0 Å². The molecule has 0 saturated heterocycles. The van der Waals surface area contributed by atoms with Crippen molar-refractivity contribution in [1.82, 2.24) is 9.13 Å². The van der Waals surface area contributed by atoms with Gasteiger partial charge in [-0.3, -0.25) is 9.13 Å². The fourth-order valence-electron chi connectivity index (χ4n) is 2.59. The average Bonchev–Trinajstić information content (AvgIpc) is 2.27. The van der Waals surface area contributed by atoms with Gasteiger partial charge in [0.05, 0.1) is 0 Å². The highest BCUT2D eigenvalue weighted by atomic mass is 28.4. The van der Waals surface area contributed by atoms with E-state index in [4.69, 9.17) is 8.85 Å². The summed E-state index contributed by atoms with van der Waals surface area (Å²) in [5.74, 6) is 0. The third kappa shape index (κ3) is 3.51. The van der Waals surface area contributed by atoms with Crippen LogP contribution in [0.25, 0.3) is 0 Å². The number of hydrogen-bond acceptors (Lipinski definition) is 4. The summed E-state index contributed by atoms with van der Waals surface area (Å²) in [6, 6.07) is 0.810. The first-order valence-corrected chi connectivity index (χ1v) is 8.26. The normalized spacial score (nSPS) is 13.4. The lowest BCUT2D eigenvalue weighted by Crippen LogP contribution is -2.72. The molecule has 0 atom stereocenters. The van der Waals surface area contributed by atoms with Crippen LogP contribution in [-0.2, 0) is 8.85 Å². The van der Waals surface area contributed by atoms with E-state index in [1.54, 1.807) is 14.2 Å². The van der Waals surface area contributed by atoms with Crippen molar-refractivity contribution in [1.29, 1.82) is 0 Å². The van der Waals surface area contributed by atoms with Crippen LogP contribution < -0.4 is 0 Å². The lowest BCUT2D eigenvalue weighted by Gasteiger charge is -2.47. The van der Waals surface area contributed by atoms with Gasteiger partial charge >= 0.3 is 8.88 Å². The van der Waals surface area contributed by atoms with E-state index in [0.29, 0.717) is 12.1 Å². The van der Waals surface area contributed by atoms with Gasteiger partial charge < -0.3 is 8.85 Å². The van der Waals surface area contributed by atoms with Crippen LogP contribution in [0.4, 0.5) is 0 Å². The molecule has 0 rings (SSSR count). The molecule has 0 saturated carbocycles. The van der Waals surface area contributed by atoms with Crippen molar-refractivity contribution >= 4 is 8.88 Å². The summed E-state index contributed by atoms with van der Waals surface area (Å²) in [4.78, 5) is 0. The highest BCUT2D eigenvalue weighted by Crippen LogP contribution is 2.23. The van der Waals surface area contributed by atoms with Gasteiger partial charge in [0, 0.05) is 26.3 Å². The lowest BCUT2D eigenvalue weighted by atomic mass is 10.3. The first-order chi connectivity index (χ1) is 7.91. The van der Waals surface area contributed by atoms with Crippen LogP contribution in [0.5, 0.6) is 0 Å². The highest BCUT2D eigenvalue weighted by molar-refractivity contribution is 6.61. The molecule has 0 heterocycles. The maximum atomic E-state index is 5.88. The Balaban J connectivity index is 5.40. The molecule has 0 aromatic heterocycles. The van der Waals surface area contributed by atoms with Gasteiger partial charge in [0.25, 0.3) is 0 Å². The molecule has 0 aliphatic rings. The summed E-state index contributed by atoms with van der Waals surface area (Å²) in [5, 5.41) is 0. The third-order valence-electron chi connectivity index (χ3n) is 3.13. The molecule has 0 amide bonds. The van der Waals surface area contributed by atoms with Gasteiger partial charge in [0.2, 0.25) is 0 Å². The Morgan fingerprint density at radius 1 is 0.882 bits per heavy atom. The van der Waals surface area contributed by atoms with Crippen molar-refractivity contribution in [2.75, 3.05) is 27.3 Å². The summed E-state index contributed by atoms with van der Waals surface area (Å²) >= 11 is 0. The monoisotopic (exact) mass is 262 g/mol. The lowest BCUT2D eigenvalue weighted by molar-refractivity contribution is 0.0697. The Bertz CT molecular complexity index is 197. The molecule has 0 aromatic carbocycles. The van der Waals surface area contributed by atoms with Gasteiger partial charge in [-0.2, -0.15) is 0 Å². The second kappa shape index (κ2) is 7.48. The standard InChI is InChI=1S/C12H30N2O2Si/c1-9-13(10-2)17(15-7,16-8)14(11(3)4)12(5)6/h11-12H,9-10H2,1-8H3. The number of nitrogens with zero attached hydrogens (tertiary/aromatic N) is 2. The van der Waals surface area contributed by atoms with E-state index in [1.165, 1.54) is 0 Å². The van der Waals surface area contributed by atoms with Gasteiger partial charge in [-0.05, 0) is 13.1 Å². The van der Waals surface area contributed by atoms with Crippen LogP contribution in [-0.4, -0.2) is 57.4 Å². The summed E-state index contributed by atoms with van der Waals surface area (Å²) < 4.78 is 16.5. The van der Waals surface area contributed by atoms with Crippen molar-refractivity contribution in [3.63, 3.8) is 0 Å². The van der Waals surface area contributed by atoms with Crippen LogP contribution in [0.1, 0.15) is 41.5 Å². The summed E-state index contributed by atoms with van der Waals surface area (Å²) in [7, 11) is 1.08. The van der Waals surface area contributed by atoms with Crippen molar-refractivity contribution in [3.05, 3.63) is 0 Å². The summed E-state index contributed by atoms with van der Waals surface area (Å²) in [6.45, 7) is 15.0. The van der Waals surface area contributed by atoms with Gasteiger partial charge in [0.15, 0.2) is 0 Å². The quantitative estimate of drug-likeness (QED) is 0.626. The van der Waals surface area contributed by atoms with E-state index in [2.05, 4.69) is 50.7 Å². The van der Waals surface area contributed by atoms with Crippen molar-refractivity contribution in [3.8, 4) is 0 Å². The molecule has 0 fully saturated rings. The zero-order valence-corrected chi connectivity index (χ0v) is 13.8. The van der Waals surface area contributed by atoms with Crippen molar-refractivity contribution in [2.24, 2.45) is 0 Å². The molecule has 5 heteroatoms. The minimum atomic E-state index is -2.46. The zero-order chi connectivity index (χ0) is 13.6. The maximum absolute atomic E-state index is 5.88. The van der Waals surface area contributed by atoms with E-state index in [0.717, 1.165) is 13.1 Å². The average molecular weight is 262 g/mol. The number of rotatable bonds is 8. The molecular formula is C12H30N2O2Si. The molecule has 0 aromatic rings. The van der Waals surface area contributed by atoms with Crippen LogP contribution >= 0.6 is 0 Å². The second-order valence-corrected chi connectivity index (χ2v) is 7.79. The fraction of sp³-hybridized carbons (Fsp3) is 1.00.